The van der Waals surface area contributed by atoms with Crippen LogP contribution >= 0.6 is 11.3 Å². The monoisotopic (exact) mass is 395 g/mol. The van der Waals surface area contributed by atoms with Crippen molar-refractivity contribution in [2.75, 3.05) is 6.61 Å². The van der Waals surface area contributed by atoms with Crippen LogP contribution in [0.5, 0.6) is 5.75 Å². The number of thiazole rings is 1. The van der Waals surface area contributed by atoms with Gasteiger partial charge in [-0.3, -0.25) is 9.78 Å². The number of hydrogen-bond acceptors (Lipinski definition) is 6. The lowest BCUT2D eigenvalue weighted by molar-refractivity contribution is -0.123. The molecule has 4 rings (SSSR count). The Hall–Kier alpha value is -3.39. The van der Waals surface area contributed by atoms with Gasteiger partial charge < -0.3 is 14.5 Å². The fraction of sp³-hybridized carbons (Fsp3) is 0.150. The van der Waals surface area contributed by atoms with E-state index in [9.17, 15) is 9.59 Å². The molecule has 1 amide bonds. The molecule has 0 fully saturated rings. The first-order valence-electron chi connectivity index (χ1n) is 8.61. The highest BCUT2D eigenvalue weighted by molar-refractivity contribution is 7.09. The van der Waals surface area contributed by atoms with E-state index in [1.807, 2.05) is 42.6 Å². The number of hydrogen-bond donors (Lipinski definition) is 2. The molecule has 7 nitrogen and oxygen atoms in total. The minimum atomic E-state index is -0.485. The molecule has 2 heterocycles. The molecule has 0 radical (unpaired) electrons. The van der Waals surface area contributed by atoms with E-state index < -0.39 is 5.76 Å². The number of benzene rings is 2. The van der Waals surface area contributed by atoms with E-state index in [0.29, 0.717) is 23.4 Å². The van der Waals surface area contributed by atoms with Crippen LogP contribution in [0.1, 0.15) is 10.6 Å². The predicted octanol–water partition coefficient (Wildman–Crippen LogP) is 3.25. The summed E-state index contributed by atoms with van der Waals surface area (Å²) < 4.78 is 10.5. The van der Waals surface area contributed by atoms with Crippen molar-refractivity contribution in [2.45, 2.75) is 13.5 Å². The van der Waals surface area contributed by atoms with E-state index in [0.717, 1.165) is 21.8 Å². The van der Waals surface area contributed by atoms with Crippen molar-refractivity contribution in [1.82, 2.24) is 15.3 Å². The van der Waals surface area contributed by atoms with Gasteiger partial charge in [-0.15, -0.1) is 11.3 Å². The maximum atomic E-state index is 12.0. The molecule has 0 spiro atoms. The number of aromatic nitrogens is 2. The number of rotatable bonds is 6. The molecular formula is C20H17N3O4S. The quantitative estimate of drug-likeness (QED) is 0.522. The second kappa shape index (κ2) is 7.69. The van der Waals surface area contributed by atoms with Gasteiger partial charge in [0, 0.05) is 10.9 Å². The standard InChI is InChI=1S/C20H17N3O4S/c1-12-2-5-14(6-3-12)26-10-18(24)21-9-19-22-16(11-28-19)13-4-7-15-17(8-13)27-20(25)23-15/h2-8,11H,9-10H2,1H3,(H,21,24)(H,23,25). The molecule has 2 aromatic carbocycles. The molecule has 0 unspecified atom stereocenters. The summed E-state index contributed by atoms with van der Waals surface area (Å²) in [6.45, 7) is 2.26. The van der Waals surface area contributed by atoms with E-state index in [2.05, 4.69) is 15.3 Å². The van der Waals surface area contributed by atoms with E-state index in [1.165, 1.54) is 11.3 Å². The van der Waals surface area contributed by atoms with Gasteiger partial charge in [0.1, 0.15) is 10.8 Å². The Morgan fingerprint density at radius 3 is 2.89 bits per heavy atom. The van der Waals surface area contributed by atoms with E-state index in [4.69, 9.17) is 9.15 Å². The third kappa shape index (κ3) is 4.12. The van der Waals surface area contributed by atoms with Crippen LogP contribution in [0.2, 0.25) is 0 Å². The second-order valence-corrected chi connectivity index (χ2v) is 7.17. The van der Waals surface area contributed by atoms with Crippen LogP contribution in [0, 0.1) is 6.92 Å². The van der Waals surface area contributed by atoms with Gasteiger partial charge in [-0.2, -0.15) is 0 Å². The Labute approximate surface area is 164 Å². The Morgan fingerprint density at radius 2 is 2.07 bits per heavy atom. The summed E-state index contributed by atoms with van der Waals surface area (Å²) in [4.78, 5) is 30.4. The van der Waals surface area contributed by atoms with Crippen LogP contribution in [-0.4, -0.2) is 22.5 Å². The minimum Gasteiger partial charge on any atom is -0.484 e. The summed E-state index contributed by atoms with van der Waals surface area (Å²) in [7, 11) is 0. The van der Waals surface area contributed by atoms with Crippen LogP contribution in [0.4, 0.5) is 0 Å². The molecule has 0 aliphatic heterocycles. The van der Waals surface area contributed by atoms with Crippen LogP contribution in [0.25, 0.3) is 22.4 Å². The first-order chi connectivity index (χ1) is 13.6. The zero-order valence-corrected chi connectivity index (χ0v) is 15.8. The maximum absolute atomic E-state index is 12.0. The van der Waals surface area contributed by atoms with Gasteiger partial charge in [0.05, 0.1) is 17.8 Å². The summed E-state index contributed by atoms with van der Waals surface area (Å²) in [6, 6.07) is 12.9. The lowest BCUT2D eigenvalue weighted by atomic mass is 10.1. The third-order valence-corrected chi connectivity index (χ3v) is 4.95. The average molecular weight is 395 g/mol. The number of ether oxygens (including phenoxy) is 1. The number of nitrogens with zero attached hydrogens (tertiary/aromatic N) is 1. The number of amides is 1. The van der Waals surface area contributed by atoms with Crippen molar-refractivity contribution in [3.63, 3.8) is 0 Å². The van der Waals surface area contributed by atoms with Crippen LogP contribution in [0.15, 0.2) is 57.1 Å². The van der Waals surface area contributed by atoms with Crippen molar-refractivity contribution in [3.05, 3.63) is 69.0 Å². The highest BCUT2D eigenvalue weighted by atomic mass is 32.1. The van der Waals surface area contributed by atoms with Gasteiger partial charge in [-0.05, 0) is 31.2 Å². The van der Waals surface area contributed by atoms with Crippen molar-refractivity contribution in [3.8, 4) is 17.0 Å². The van der Waals surface area contributed by atoms with Gasteiger partial charge in [0.25, 0.3) is 5.91 Å². The lowest BCUT2D eigenvalue weighted by Gasteiger charge is -2.06. The lowest BCUT2D eigenvalue weighted by Crippen LogP contribution is -2.28. The maximum Gasteiger partial charge on any atom is 0.417 e. The molecule has 4 aromatic rings. The summed E-state index contributed by atoms with van der Waals surface area (Å²) >= 11 is 1.45. The van der Waals surface area contributed by atoms with Crippen molar-refractivity contribution in [2.24, 2.45) is 0 Å². The zero-order chi connectivity index (χ0) is 19.5. The average Bonchev–Trinajstić information content (AvgIpc) is 3.30. The normalized spacial score (nSPS) is 10.9. The summed E-state index contributed by atoms with van der Waals surface area (Å²) in [5.74, 6) is -0.0430. The molecule has 0 atom stereocenters. The highest BCUT2D eigenvalue weighted by Crippen LogP contribution is 2.24. The molecular weight excluding hydrogens is 378 g/mol. The number of nitrogens with one attached hydrogen (secondary N) is 2. The van der Waals surface area contributed by atoms with E-state index in [-0.39, 0.29) is 12.5 Å². The van der Waals surface area contributed by atoms with Gasteiger partial charge in [0.15, 0.2) is 12.2 Å². The summed E-state index contributed by atoms with van der Waals surface area (Å²) in [6.07, 6.45) is 0. The zero-order valence-electron chi connectivity index (χ0n) is 15.0. The van der Waals surface area contributed by atoms with Crippen molar-refractivity contribution < 1.29 is 13.9 Å². The van der Waals surface area contributed by atoms with E-state index in [1.54, 1.807) is 12.1 Å². The first-order valence-corrected chi connectivity index (χ1v) is 9.48. The van der Waals surface area contributed by atoms with Gasteiger partial charge in [0.2, 0.25) is 0 Å². The van der Waals surface area contributed by atoms with Gasteiger partial charge in [-0.25, -0.2) is 9.78 Å². The largest absolute Gasteiger partial charge is 0.484 e. The predicted molar refractivity (Wildman–Crippen MR) is 106 cm³/mol. The number of aryl methyl sites for hydroxylation is 1. The van der Waals surface area contributed by atoms with Gasteiger partial charge in [-0.1, -0.05) is 23.8 Å². The topological polar surface area (TPSA) is 97.2 Å². The first kappa shape index (κ1) is 18.0. The molecule has 0 saturated carbocycles. The Bertz CT molecular complexity index is 1170. The Morgan fingerprint density at radius 1 is 1.25 bits per heavy atom. The van der Waals surface area contributed by atoms with Gasteiger partial charge >= 0.3 is 5.76 Å². The Kier molecular flexibility index (Phi) is 4.94. The fourth-order valence-electron chi connectivity index (χ4n) is 2.64. The summed E-state index contributed by atoms with van der Waals surface area (Å²) in [5, 5.41) is 5.47. The van der Waals surface area contributed by atoms with E-state index >= 15 is 0 Å². The third-order valence-electron chi connectivity index (χ3n) is 4.10. The number of H-pyrrole nitrogens is 1. The smallest absolute Gasteiger partial charge is 0.417 e. The molecule has 0 aliphatic rings. The SMILES string of the molecule is Cc1ccc(OCC(=O)NCc2nc(-c3ccc4[nH]c(=O)oc4c3)cs2)cc1. The van der Waals surface area contributed by atoms with Crippen molar-refractivity contribution >= 4 is 28.3 Å². The van der Waals surface area contributed by atoms with Crippen molar-refractivity contribution in [1.29, 1.82) is 0 Å². The number of carbonyl (C=O) groups is 1. The Balaban J connectivity index is 1.34. The minimum absolute atomic E-state index is 0.0511. The van der Waals surface area contributed by atoms with Crippen LogP contribution in [0.3, 0.4) is 0 Å². The molecule has 0 saturated heterocycles. The summed E-state index contributed by atoms with van der Waals surface area (Å²) in [5.41, 5.74) is 3.86. The number of carbonyl (C=O) groups excluding carboxylic acids is 1. The molecule has 8 heteroatoms. The number of aromatic amines is 1. The second-order valence-electron chi connectivity index (χ2n) is 6.23. The number of fused-ring (bicyclic) bond motifs is 1. The van der Waals surface area contributed by atoms with Crippen LogP contribution in [-0.2, 0) is 11.3 Å². The molecule has 28 heavy (non-hydrogen) atoms. The molecule has 2 N–H and O–H groups in total. The fourth-order valence-corrected chi connectivity index (χ4v) is 3.38. The number of oxazole rings is 1. The molecule has 0 aliphatic carbocycles. The molecule has 0 bridgehead atoms. The highest BCUT2D eigenvalue weighted by Gasteiger charge is 2.09. The molecule has 2 aromatic heterocycles. The molecule has 142 valence electrons. The van der Waals surface area contributed by atoms with Crippen LogP contribution < -0.4 is 15.8 Å².